The molecule has 1 aliphatic heterocycles. The molecule has 2 unspecified atom stereocenters. The van der Waals surface area contributed by atoms with E-state index in [-0.39, 0.29) is 0 Å². The van der Waals surface area contributed by atoms with Gasteiger partial charge in [0.25, 0.3) is 0 Å². The van der Waals surface area contributed by atoms with Crippen LogP contribution >= 0.6 is 11.8 Å². The Labute approximate surface area is 130 Å². The Bertz CT molecular complexity index is 628. The molecule has 3 rings (SSSR count). The average Bonchev–Trinajstić information content (AvgIpc) is 2.50. The van der Waals surface area contributed by atoms with Crippen LogP contribution in [0.4, 0.5) is 5.82 Å². The molecule has 1 aromatic heterocycles. The number of nitrogens with two attached hydrogens (primary N) is 1. The van der Waals surface area contributed by atoms with Crippen LogP contribution in [-0.4, -0.2) is 35.1 Å². The lowest BCUT2D eigenvalue weighted by Gasteiger charge is -2.39. The first-order chi connectivity index (χ1) is 10.2. The third kappa shape index (κ3) is 2.87. The number of anilines is 1. The van der Waals surface area contributed by atoms with Crippen molar-refractivity contribution in [2.45, 2.75) is 31.6 Å². The van der Waals surface area contributed by atoms with Crippen molar-refractivity contribution < 1.29 is 0 Å². The summed E-state index contributed by atoms with van der Waals surface area (Å²) in [5, 5.41) is 1.84. The van der Waals surface area contributed by atoms with Crippen LogP contribution in [0.5, 0.6) is 0 Å². The Kier molecular flexibility index (Phi) is 4.36. The van der Waals surface area contributed by atoms with Gasteiger partial charge in [0, 0.05) is 29.0 Å². The van der Waals surface area contributed by atoms with Crippen molar-refractivity contribution in [2.24, 2.45) is 5.73 Å². The second-order valence-corrected chi connectivity index (χ2v) is 7.20. The Balaban J connectivity index is 2.08. The van der Waals surface area contributed by atoms with Gasteiger partial charge in [-0.2, -0.15) is 11.8 Å². The Morgan fingerprint density at radius 1 is 1.33 bits per heavy atom. The fourth-order valence-electron chi connectivity index (χ4n) is 2.97. The maximum absolute atomic E-state index is 5.81. The quantitative estimate of drug-likeness (QED) is 0.946. The number of rotatable bonds is 3. The number of pyridine rings is 1. The maximum atomic E-state index is 5.81. The van der Waals surface area contributed by atoms with Crippen molar-refractivity contribution in [1.82, 2.24) is 4.98 Å². The summed E-state index contributed by atoms with van der Waals surface area (Å²) in [6.07, 6.45) is 0.887. The Morgan fingerprint density at radius 3 is 2.95 bits per heavy atom. The summed E-state index contributed by atoms with van der Waals surface area (Å²) in [6.45, 7) is 6.35. The summed E-state index contributed by atoms with van der Waals surface area (Å²) in [4.78, 5) is 7.43. The van der Waals surface area contributed by atoms with Gasteiger partial charge in [0.15, 0.2) is 0 Å². The zero-order valence-electron chi connectivity index (χ0n) is 12.7. The number of para-hydroxylation sites is 1. The minimum absolute atomic E-state index is 0.508. The van der Waals surface area contributed by atoms with E-state index in [1.165, 1.54) is 16.7 Å². The molecule has 21 heavy (non-hydrogen) atoms. The molecule has 2 heterocycles. The van der Waals surface area contributed by atoms with Crippen LogP contribution in [0.1, 0.15) is 19.4 Å². The standard InChI is InChI=1S/C17H23N3S/c1-12-13(2)21-10-9-20(12)17-15(7-8-18)11-14-5-3-4-6-16(14)19-17/h3-6,11-13H,7-10,18H2,1-2H3. The predicted octanol–water partition coefficient (Wildman–Crippen LogP) is 3.07. The van der Waals surface area contributed by atoms with Gasteiger partial charge in [-0.25, -0.2) is 4.98 Å². The number of benzene rings is 1. The highest BCUT2D eigenvalue weighted by Crippen LogP contribution is 2.31. The normalized spacial score (nSPS) is 22.7. The molecule has 2 aromatic rings. The van der Waals surface area contributed by atoms with Gasteiger partial charge in [-0.05, 0) is 37.6 Å². The van der Waals surface area contributed by atoms with Crippen LogP contribution < -0.4 is 10.6 Å². The highest BCUT2D eigenvalue weighted by Gasteiger charge is 2.27. The largest absolute Gasteiger partial charge is 0.352 e. The number of hydrogen-bond acceptors (Lipinski definition) is 4. The van der Waals surface area contributed by atoms with Crippen LogP contribution in [-0.2, 0) is 6.42 Å². The van der Waals surface area contributed by atoms with Crippen molar-refractivity contribution in [1.29, 1.82) is 0 Å². The number of nitrogens with zero attached hydrogens (tertiary/aromatic N) is 2. The second kappa shape index (κ2) is 6.24. The fraction of sp³-hybridized carbons (Fsp3) is 0.471. The summed E-state index contributed by atoms with van der Waals surface area (Å²) in [7, 11) is 0. The Morgan fingerprint density at radius 2 is 2.14 bits per heavy atom. The highest BCUT2D eigenvalue weighted by molar-refractivity contribution is 8.00. The first-order valence-electron chi connectivity index (χ1n) is 7.67. The molecule has 1 saturated heterocycles. The van der Waals surface area contributed by atoms with E-state index in [9.17, 15) is 0 Å². The molecule has 0 spiro atoms. The van der Waals surface area contributed by atoms with Crippen molar-refractivity contribution in [3.05, 3.63) is 35.9 Å². The van der Waals surface area contributed by atoms with E-state index >= 15 is 0 Å². The molecule has 1 fully saturated rings. The van der Waals surface area contributed by atoms with Gasteiger partial charge in [0.05, 0.1) is 5.52 Å². The van der Waals surface area contributed by atoms with E-state index in [4.69, 9.17) is 10.7 Å². The van der Waals surface area contributed by atoms with Crippen LogP contribution in [0.3, 0.4) is 0 Å². The van der Waals surface area contributed by atoms with Crippen LogP contribution in [0.15, 0.2) is 30.3 Å². The first kappa shape index (κ1) is 14.7. The van der Waals surface area contributed by atoms with Gasteiger partial charge >= 0.3 is 0 Å². The minimum atomic E-state index is 0.508. The molecule has 0 saturated carbocycles. The number of fused-ring (bicyclic) bond motifs is 1. The molecule has 0 amide bonds. The van der Waals surface area contributed by atoms with Gasteiger partial charge in [-0.3, -0.25) is 0 Å². The molecule has 112 valence electrons. The molecule has 4 heteroatoms. The summed E-state index contributed by atoms with van der Waals surface area (Å²) >= 11 is 2.05. The lowest BCUT2D eigenvalue weighted by Crippen LogP contribution is -2.45. The van der Waals surface area contributed by atoms with Gasteiger partial charge in [0.2, 0.25) is 0 Å². The molecule has 2 N–H and O–H groups in total. The van der Waals surface area contributed by atoms with Gasteiger partial charge in [0.1, 0.15) is 5.82 Å². The minimum Gasteiger partial charge on any atom is -0.352 e. The smallest absolute Gasteiger partial charge is 0.132 e. The van der Waals surface area contributed by atoms with Crippen LogP contribution in [0.25, 0.3) is 10.9 Å². The number of hydrogen-bond donors (Lipinski definition) is 1. The van der Waals surface area contributed by atoms with E-state index in [0.29, 0.717) is 17.8 Å². The summed E-state index contributed by atoms with van der Waals surface area (Å²) in [5.41, 5.74) is 8.17. The van der Waals surface area contributed by atoms with E-state index in [0.717, 1.165) is 24.3 Å². The Hall–Kier alpha value is -1.26. The van der Waals surface area contributed by atoms with E-state index < -0.39 is 0 Å². The lowest BCUT2D eigenvalue weighted by molar-refractivity contribution is 0.618. The van der Waals surface area contributed by atoms with Crippen molar-refractivity contribution >= 4 is 28.5 Å². The molecule has 1 aromatic carbocycles. The molecule has 0 bridgehead atoms. The third-order valence-corrected chi connectivity index (χ3v) is 5.69. The van der Waals surface area contributed by atoms with Crippen LogP contribution in [0.2, 0.25) is 0 Å². The molecule has 1 aliphatic rings. The molecule has 0 aliphatic carbocycles. The molecular formula is C17H23N3S. The fourth-order valence-corrected chi connectivity index (χ4v) is 4.07. The van der Waals surface area contributed by atoms with E-state index in [1.807, 2.05) is 0 Å². The molecular weight excluding hydrogens is 278 g/mol. The van der Waals surface area contributed by atoms with E-state index in [2.05, 4.69) is 60.8 Å². The first-order valence-corrected chi connectivity index (χ1v) is 8.72. The van der Waals surface area contributed by atoms with Gasteiger partial charge in [-0.1, -0.05) is 25.1 Å². The summed E-state index contributed by atoms with van der Waals surface area (Å²) in [6, 6.07) is 11.1. The molecule has 2 atom stereocenters. The zero-order chi connectivity index (χ0) is 14.8. The topological polar surface area (TPSA) is 42.2 Å². The molecule has 3 nitrogen and oxygen atoms in total. The predicted molar refractivity (Wildman–Crippen MR) is 93.2 cm³/mol. The van der Waals surface area contributed by atoms with Crippen molar-refractivity contribution in [2.75, 3.05) is 23.7 Å². The highest BCUT2D eigenvalue weighted by atomic mass is 32.2. The van der Waals surface area contributed by atoms with Gasteiger partial charge < -0.3 is 10.6 Å². The van der Waals surface area contributed by atoms with Crippen LogP contribution in [0, 0.1) is 0 Å². The third-order valence-electron chi connectivity index (χ3n) is 4.35. The summed E-state index contributed by atoms with van der Waals surface area (Å²) < 4.78 is 0. The molecule has 0 radical (unpaired) electrons. The summed E-state index contributed by atoms with van der Waals surface area (Å²) in [5.74, 6) is 2.31. The number of aromatic nitrogens is 1. The maximum Gasteiger partial charge on any atom is 0.132 e. The SMILES string of the molecule is CC1SCCN(c2nc3ccccc3cc2CCN)C1C. The van der Waals surface area contributed by atoms with Gasteiger partial charge in [-0.15, -0.1) is 0 Å². The van der Waals surface area contributed by atoms with Crippen molar-refractivity contribution in [3.8, 4) is 0 Å². The van der Waals surface area contributed by atoms with E-state index in [1.54, 1.807) is 0 Å². The van der Waals surface area contributed by atoms with Crippen molar-refractivity contribution in [3.63, 3.8) is 0 Å². The lowest BCUT2D eigenvalue weighted by atomic mass is 10.1. The number of thioether (sulfide) groups is 1. The second-order valence-electron chi connectivity index (χ2n) is 5.71. The average molecular weight is 301 g/mol. The monoisotopic (exact) mass is 301 g/mol. The zero-order valence-corrected chi connectivity index (χ0v) is 13.6.